The molecule has 3 nitrogen and oxygen atoms in total. The molecule has 0 unspecified atom stereocenters. The molecule has 4 aromatic rings. The number of aromatic nitrogens is 2. The summed E-state index contributed by atoms with van der Waals surface area (Å²) < 4.78 is 8.81. The average Bonchev–Trinajstić information content (AvgIpc) is 3.09. The SMILES string of the molecule is Cc1ccc2c(oc3ncc4c(c32)C(C)(C)CCC4(C)C)c1-c1cc(C(C)(C)C)cc[n+]1C. The first-order valence-electron chi connectivity index (χ1n) is 12.2. The molecule has 0 bridgehead atoms. The lowest BCUT2D eigenvalue weighted by atomic mass is 9.63. The number of benzene rings is 1. The summed E-state index contributed by atoms with van der Waals surface area (Å²) in [7, 11) is 2.12. The van der Waals surface area contributed by atoms with Crippen molar-refractivity contribution in [3.8, 4) is 11.3 Å². The summed E-state index contributed by atoms with van der Waals surface area (Å²) in [5.74, 6) is 0. The topological polar surface area (TPSA) is 29.9 Å². The van der Waals surface area contributed by atoms with Crippen molar-refractivity contribution in [2.75, 3.05) is 0 Å². The molecule has 3 aromatic heterocycles. The summed E-state index contributed by atoms with van der Waals surface area (Å²) in [5.41, 5.74) is 9.68. The van der Waals surface area contributed by atoms with Crippen LogP contribution in [0.25, 0.3) is 33.3 Å². The molecule has 0 atom stereocenters. The number of hydrogen-bond donors (Lipinski definition) is 0. The quantitative estimate of drug-likeness (QED) is 0.288. The van der Waals surface area contributed by atoms with Crippen LogP contribution in [0.3, 0.4) is 0 Å². The lowest BCUT2D eigenvalue weighted by Crippen LogP contribution is -2.34. The maximum atomic E-state index is 6.60. The third-order valence-electron chi connectivity index (χ3n) is 7.93. The fraction of sp³-hybridized carbons (Fsp3) is 0.467. The Morgan fingerprint density at radius 1 is 1.00 bits per heavy atom. The lowest BCUT2D eigenvalue weighted by Gasteiger charge is -2.41. The number of rotatable bonds is 1. The molecular weight excluding hydrogens is 404 g/mol. The van der Waals surface area contributed by atoms with E-state index in [4.69, 9.17) is 9.40 Å². The van der Waals surface area contributed by atoms with Gasteiger partial charge in [0.25, 0.3) is 0 Å². The average molecular weight is 442 g/mol. The van der Waals surface area contributed by atoms with Crippen LogP contribution in [0.1, 0.15) is 83.6 Å². The summed E-state index contributed by atoms with van der Waals surface area (Å²) >= 11 is 0. The van der Waals surface area contributed by atoms with E-state index in [2.05, 4.69) is 104 Å². The zero-order chi connectivity index (χ0) is 23.9. The van der Waals surface area contributed by atoms with Crippen molar-refractivity contribution in [1.82, 2.24) is 4.98 Å². The van der Waals surface area contributed by atoms with Crippen molar-refractivity contribution in [3.63, 3.8) is 0 Å². The molecule has 33 heavy (non-hydrogen) atoms. The Hall–Kier alpha value is -2.68. The first-order valence-corrected chi connectivity index (χ1v) is 12.2. The van der Waals surface area contributed by atoms with E-state index in [1.165, 1.54) is 57.1 Å². The molecule has 0 amide bonds. The minimum atomic E-state index is 0.0783. The molecule has 0 radical (unpaired) electrons. The molecule has 0 saturated heterocycles. The van der Waals surface area contributed by atoms with Crippen LogP contribution in [0.2, 0.25) is 0 Å². The lowest BCUT2D eigenvalue weighted by molar-refractivity contribution is -0.660. The number of nitrogens with zero attached hydrogens (tertiary/aromatic N) is 2. The highest BCUT2D eigenvalue weighted by Gasteiger charge is 2.40. The highest BCUT2D eigenvalue weighted by Crippen LogP contribution is 2.50. The summed E-state index contributed by atoms with van der Waals surface area (Å²) in [6, 6.07) is 9.04. The normalized spacial score (nSPS) is 17.5. The molecule has 0 fully saturated rings. The molecule has 0 spiro atoms. The monoisotopic (exact) mass is 441 g/mol. The maximum Gasteiger partial charge on any atom is 0.227 e. The number of fused-ring (bicyclic) bond motifs is 5. The molecule has 172 valence electrons. The van der Waals surface area contributed by atoms with Gasteiger partial charge >= 0.3 is 0 Å². The van der Waals surface area contributed by atoms with Crippen LogP contribution >= 0.6 is 0 Å². The Balaban J connectivity index is 1.89. The van der Waals surface area contributed by atoms with E-state index in [9.17, 15) is 0 Å². The van der Waals surface area contributed by atoms with E-state index in [1.54, 1.807) is 0 Å². The van der Waals surface area contributed by atoms with Gasteiger partial charge in [0.05, 0.1) is 10.9 Å². The zero-order valence-corrected chi connectivity index (χ0v) is 21.7. The van der Waals surface area contributed by atoms with Crippen LogP contribution in [-0.4, -0.2) is 4.98 Å². The Labute approximate surface area is 197 Å². The van der Waals surface area contributed by atoms with Crippen LogP contribution in [0, 0.1) is 6.92 Å². The van der Waals surface area contributed by atoms with Crippen LogP contribution in [0.4, 0.5) is 0 Å². The number of furan rings is 1. The molecule has 1 aliphatic carbocycles. The molecule has 1 aliphatic rings. The van der Waals surface area contributed by atoms with Gasteiger partial charge in [-0.2, -0.15) is 0 Å². The Morgan fingerprint density at radius 3 is 2.39 bits per heavy atom. The predicted molar refractivity (Wildman–Crippen MR) is 137 cm³/mol. The molecule has 0 N–H and O–H groups in total. The largest absolute Gasteiger partial charge is 0.437 e. The van der Waals surface area contributed by atoms with Crippen molar-refractivity contribution >= 4 is 22.1 Å². The van der Waals surface area contributed by atoms with Crippen molar-refractivity contribution < 1.29 is 8.98 Å². The second-order valence-corrected chi connectivity index (χ2v) is 12.4. The molecule has 3 heteroatoms. The molecule has 0 aliphatic heterocycles. The third-order valence-corrected chi connectivity index (χ3v) is 7.93. The van der Waals surface area contributed by atoms with E-state index >= 15 is 0 Å². The Morgan fingerprint density at radius 2 is 1.70 bits per heavy atom. The maximum absolute atomic E-state index is 6.60. The Bertz CT molecular complexity index is 1410. The van der Waals surface area contributed by atoms with Gasteiger partial charge in [-0.3, -0.25) is 0 Å². The van der Waals surface area contributed by atoms with E-state index in [1.807, 2.05) is 0 Å². The third kappa shape index (κ3) is 3.31. The molecule has 1 aromatic carbocycles. The predicted octanol–water partition coefficient (Wildman–Crippen LogP) is 7.43. The second-order valence-electron chi connectivity index (χ2n) is 12.4. The number of aryl methyl sites for hydroxylation is 2. The van der Waals surface area contributed by atoms with Gasteiger partial charge in [0, 0.05) is 23.7 Å². The van der Waals surface area contributed by atoms with Gasteiger partial charge in [0.1, 0.15) is 7.05 Å². The van der Waals surface area contributed by atoms with Gasteiger partial charge in [-0.1, -0.05) is 60.6 Å². The van der Waals surface area contributed by atoms with Crippen LogP contribution in [0.5, 0.6) is 0 Å². The van der Waals surface area contributed by atoms with Crippen LogP contribution < -0.4 is 4.57 Å². The molecular formula is C30H37N2O+. The van der Waals surface area contributed by atoms with E-state index in [0.29, 0.717) is 0 Å². The van der Waals surface area contributed by atoms with Gasteiger partial charge in [0.15, 0.2) is 11.8 Å². The first kappa shape index (κ1) is 22.1. The fourth-order valence-electron chi connectivity index (χ4n) is 5.61. The molecule has 0 saturated carbocycles. The van der Waals surface area contributed by atoms with Crippen LogP contribution in [0.15, 0.2) is 41.1 Å². The van der Waals surface area contributed by atoms with Crippen LogP contribution in [-0.2, 0) is 23.3 Å². The zero-order valence-electron chi connectivity index (χ0n) is 21.7. The summed E-state index contributed by atoms with van der Waals surface area (Å²) in [6.07, 6.45) is 6.59. The summed E-state index contributed by atoms with van der Waals surface area (Å²) in [5, 5.41) is 2.39. The highest BCUT2D eigenvalue weighted by atomic mass is 16.3. The smallest absolute Gasteiger partial charge is 0.227 e. The fourth-order valence-corrected chi connectivity index (χ4v) is 5.61. The summed E-state index contributed by atoms with van der Waals surface area (Å²) in [4.78, 5) is 4.86. The van der Waals surface area contributed by atoms with Crippen molar-refractivity contribution in [1.29, 1.82) is 0 Å². The van der Waals surface area contributed by atoms with E-state index in [-0.39, 0.29) is 16.2 Å². The Kier molecular flexibility index (Phi) is 4.64. The van der Waals surface area contributed by atoms with Crippen molar-refractivity contribution in [3.05, 3.63) is 58.9 Å². The highest BCUT2D eigenvalue weighted by molar-refractivity contribution is 6.11. The van der Waals surface area contributed by atoms with Crippen molar-refractivity contribution in [2.45, 2.75) is 84.5 Å². The standard InChI is InChI=1S/C30H37N2O/c1-18-10-11-20-24-25-21(29(5,6)13-14-30(25,7)8)17-31-27(24)33-26(20)23(18)22-16-19(28(2,3)4)12-15-32(22)9/h10-12,15-17H,13-14H2,1-9H3/q+1. The van der Waals surface area contributed by atoms with Gasteiger partial charge in [-0.15, -0.1) is 0 Å². The first-order chi connectivity index (χ1) is 15.3. The van der Waals surface area contributed by atoms with Gasteiger partial charge in [-0.25, -0.2) is 9.55 Å². The second kappa shape index (κ2) is 6.91. The van der Waals surface area contributed by atoms with Gasteiger partial charge in [-0.05, 0) is 58.3 Å². The number of hydrogen-bond acceptors (Lipinski definition) is 2. The molecule has 3 heterocycles. The minimum absolute atomic E-state index is 0.0783. The van der Waals surface area contributed by atoms with Gasteiger partial charge in [0.2, 0.25) is 11.4 Å². The van der Waals surface area contributed by atoms with E-state index < -0.39 is 0 Å². The number of pyridine rings is 2. The molecule has 5 rings (SSSR count). The minimum Gasteiger partial charge on any atom is -0.437 e. The summed E-state index contributed by atoms with van der Waals surface area (Å²) in [6.45, 7) is 18.4. The van der Waals surface area contributed by atoms with E-state index in [0.717, 1.165) is 11.3 Å². The van der Waals surface area contributed by atoms with Crippen molar-refractivity contribution in [2.24, 2.45) is 7.05 Å². The van der Waals surface area contributed by atoms with Gasteiger partial charge < -0.3 is 4.42 Å².